The summed E-state index contributed by atoms with van der Waals surface area (Å²) in [6.07, 6.45) is 0.189. The molecule has 0 heterocycles. The topological polar surface area (TPSA) is 44.1 Å². The molecule has 0 saturated heterocycles. The molecule has 21 heavy (non-hydrogen) atoms. The van der Waals surface area contributed by atoms with Crippen LogP contribution in [-0.2, 0) is 0 Å². The van der Waals surface area contributed by atoms with Gasteiger partial charge >= 0.3 is 0 Å². The molecule has 2 rings (SSSR count). The van der Waals surface area contributed by atoms with Gasteiger partial charge in [0.05, 0.1) is 18.1 Å². The van der Waals surface area contributed by atoms with Gasteiger partial charge in [0, 0.05) is 12.2 Å². The zero-order valence-corrected chi connectivity index (χ0v) is 11.7. The SMILES string of the molecule is Cc1ccc(N(CCC#N)C(=O)c2ccccc2F)cc1. The van der Waals surface area contributed by atoms with Crippen molar-refractivity contribution in [3.63, 3.8) is 0 Å². The number of aryl methyl sites for hydroxylation is 1. The third-order valence-corrected chi connectivity index (χ3v) is 3.14. The van der Waals surface area contributed by atoms with E-state index < -0.39 is 11.7 Å². The first kappa shape index (κ1) is 14.7. The fourth-order valence-corrected chi connectivity index (χ4v) is 2.01. The minimum atomic E-state index is -0.559. The summed E-state index contributed by atoms with van der Waals surface area (Å²) >= 11 is 0. The molecule has 0 fully saturated rings. The molecule has 3 nitrogen and oxygen atoms in total. The molecule has 0 atom stereocenters. The van der Waals surface area contributed by atoms with Crippen LogP contribution in [0.15, 0.2) is 48.5 Å². The van der Waals surface area contributed by atoms with Gasteiger partial charge in [-0.1, -0.05) is 29.8 Å². The summed E-state index contributed by atoms with van der Waals surface area (Å²) in [5, 5.41) is 8.75. The van der Waals surface area contributed by atoms with E-state index >= 15 is 0 Å². The van der Waals surface area contributed by atoms with Gasteiger partial charge in [-0.25, -0.2) is 4.39 Å². The van der Waals surface area contributed by atoms with Crippen LogP contribution in [0.25, 0.3) is 0 Å². The molecule has 0 aliphatic carbocycles. The van der Waals surface area contributed by atoms with Gasteiger partial charge in [-0.2, -0.15) is 5.26 Å². The van der Waals surface area contributed by atoms with Gasteiger partial charge in [0.2, 0.25) is 0 Å². The van der Waals surface area contributed by atoms with Crippen molar-refractivity contribution in [2.45, 2.75) is 13.3 Å². The van der Waals surface area contributed by atoms with E-state index in [2.05, 4.69) is 0 Å². The molecule has 2 aromatic carbocycles. The molecule has 0 aliphatic heterocycles. The van der Waals surface area contributed by atoms with Crippen LogP contribution in [-0.4, -0.2) is 12.5 Å². The van der Waals surface area contributed by atoms with Crippen molar-refractivity contribution >= 4 is 11.6 Å². The Hall–Kier alpha value is -2.67. The number of carbonyl (C=O) groups excluding carboxylic acids is 1. The van der Waals surface area contributed by atoms with Crippen LogP contribution in [0, 0.1) is 24.1 Å². The van der Waals surface area contributed by atoms with E-state index in [4.69, 9.17) is 5.26 Å². The van der Waals surface area contributed by atoms with E-state index in [1.54, 1.807) is 18.2 Å². The first-order valence-electron chi connectivity index (χ1n) is 6.63. The van der Waals surface area contributed by atoms with E-state index in [0.717, 1.165) is 5.56 Å². The summed E-state index contributed by atoms with van der Waals surface area (Å²) in [6.45, 7) is 2.18. The van der Waals surface area contributed by atoms with E-state index in [1.165, 1.54) is 23.1 Å². The van der Waals surface area contributed by atoms with E-state index in [1.807, 2.05) is 25.1 Å². The molecule has 0 spiro atoms. The van der Waals surface area contributed by atoms with Gasteiger partial charge in [-0.15, -0.1) is 0 Å². The average molecular weight is 282 g/mol. The maximum absolute atomic E-state index is 13.8. The van der Waals surface area contributed by atoms with Gasteiger partial charge in [-0.3, -0.25) is 4.79 Å². The number of anilines is 1. The van der Waals surface area contributed by atoms with Gasteiger partial charge in [0.15, 0.2) is 0 Å². The average Bonchev–Trinajstić information content (AvgIpc) is 2.49. The third-order valence-electron chi connectivity index (χ3n) is 3.14. The fourth-order valence-electron chi connectivity index (χ4n) is 2.01. The lowest BCUT2D eigenvalue weighted by atomic mass is 10.1. The number of hydrogen-bond donors (Lipinski definition) is 0. The van der Waals surface area contributed by atoms with Crippen LogP contribution in [0.4, 0.5) is 10.1 Å². The smallest absolute Gasteiger partial charge is 0.261 e. The molecule has 2 aromatic rings. The number of halogens is 1. The second-order valence-corrected chi connectivity index (χ2v) is 4.68. The highest BCUT2D eigenvalue weighted by Gasteiger charge is 2.20. The Balaban J connectivity index is 2.36. The Morgan fingerprint density at radius 2 is 1.86 bits per heavy atom. The van der Waals surface area contributed by atoms with Crippen molar-refractivity contribution < 1.29 is 9.18 Å². The van der Waals surface area contributed by atoms with Crippen molar-refractivity contribution in [3.8, 4) is 6.07 Å². The Morgan fingerprint density at radius 3 is 2.48 bits per heavy atom. The summed E-state index contributed by atoms with van der Waals surface area (Å²) in [6, 6.07) is 15.2. The number of nitriles is 1. The number of rotatable bonds is 4. The van der Waals surface area contributed by atoms with Crippen LogP contribution in [0.5, 0.6) is 0 Å². The van der Waals surface area contributed by atoms with Crippen LogP contribution >= 0.6 is 0 Å². The summed E-state index contributed by atoms with van der Waals surface area (Å²) in [7, 11) is 0. The lowest BCUT2D eigenvalue weighted by Gasteiger charge is -2.22. The molecule has 0 N–H and O–H groups in total. The molecular weight excluding hydrogens is 267 g/mol. The Morgan fingerprint density at radius 1 is 1.19 bits per heavy atom. The van der Waals surface area contributed by atoms with E-state index in [0.29, 0.717) is 5.69 Å². The molecule has 4 heteroatoms. The number of amides is 1. The minimum Gasteiger partial charge on any atom is -0.307 e. The molecule has 0 radical (unpaired) electrons. The van der Waals surface area contributed by atoms with Crippen molar-refractivity contribution in [3.05, 3.63) is 65.5 Å². The first-order chi connectivity index (χ1) is 10.1. The number of nitrogens with zero attached hydrogens (tertiary/aromatic N) is 2. The van der Waals surface area contributed by atoms with Crippen LogP contribution in [0.1, 0.15) is 22.3 Å². The number of hydrogen-bond acceptors (Lipinski definition) is 2. The lowest BCUT2D eigenvalue weighted by molar-refractivity contribution is 0.0983. The normalized spacial score (nSPS) is 9.95. The fraction of sp³-hybridized carbons (Fsp3) is 0.176. The van der Waals surface area contributed by atoms with Crippen molar-refractivity contribution in [2.24, 2.45) is 0 Å². The molecule has 0 aromatic heterocycles. The zero-order valence-electron chi connectivity index (χ0n) is 11.7. The molecule has 0 unspecified atom stereocenters. The molecular formula is C17H15FN2O. The maximum atomic E-state index is 13.8. The molecule has 1 amide bonds. The number of benzene rings is 2. The highest BCUT2D eigenvalue weighted by molar-refractivity contribution is 6.06. The van der Waals surface area contributed by atoms with Crippen molar-refractivity contribution in [1.82, 2.24) is 0 Å². The highest BCUT2D eigenvalue weighted by atomic mass is 19.1. The molecule has 0 bridgehead atoms. The first-order valence-corrected chi connectivity index (χ1v) is 6.63. The summed E-state index contributed by atoms with van der Waals surface area (Å²) in [4.78, 5) is 14.0. The molecule has 0 saturated carbocycles. The maximum Gasteiger partial charge on any atom is 0.261 e. The Labute approximate surface area is 123 Å². The number of carbonyl (C=O) groups is 1. The van der Waals surface area contributed by atoms with Gasteiger partial charge in [-0.05, 0) is 31.2 Å². The van der Waals surface area contributed by atoms with Crippen molar-refractivity contribution in [1.29, 1.82) is 5.26 Å². The lowest BCUT2D eigenvalue weighted by Crippen LogP contribution is -2.32. The Bertz CT molecular complexity index is 674. The van der Waals surface area contributed by atoms with Gasteiger partial charge in [0.25, 0.3) is 5.91 Å². The van der Waals surface area contributed by atoms with Crippen molar-refractivity contribution in [2.75, 3.05) is 11.4 Å². The predicted octanol–water partition coefficient (Wildman–Crippen LogP) is 3.69. The third kappa shape index (κ3) is 3.46. The zero-order chi connectivity index (χ0) is 15.2. The van der Waals surface area contributed by atoms with Gasteiger partial charge < -0.3 is 4.90 Å². The quantitative estimate of drug-likeness (QED) is 0.858. The summed E-state index contributed by atoms with van der Waals surface area (Å²) in [5.74, 6) is -0.997. The second-order valence-electron chi connectivity index (χ2n) is 4.68. The van der Waals surface area contributed by atoms with Crippen LogP contribution in [0.3, 0.4) is 0 Å². The highest BCUT2D eigenvalue weighted by Crippen LogP contribution is 2.19. The van der Waals surface area contributed by atoms with Crippen LogP contribution < -0.4 is 4.90 Å². The predicted molar refractivity (Wildman–Crippen MR) is 79.5 cm³/mol. The Kier molecular flexibility index (Phi) is 4.68. The minimum absolute atomic E-state index is 0.0102. The summed E-state index contributed by atoms with van der Waals surface area (Å²) < 4.78 is 13.8. The summed E-state index contributed by atoms with van der Waals surface area (Å²) in [5.41, 5.74) is 1.73. The van der Waals surface area contributed by atoms with Gasteiger partial charge in [0.1, 0.15) is 5.82 Å². The van der Waals surface area contributed by atoms with E-state index in [9.17, 15) is 9.18 Å². The molecule has 106 valence electrons. The standard InChI is InChI=1S/C17H15FN2O/c1-13-7-9-14(10-8-13)20(12-4-11-19)17(21)15-5-2-3-6-16(15)18/h2-3,5-10H,4,12H2,1H3. The molecule has 0 aliphatic rings. The van der Waals surface area contributed by atoms with E-state index in [-0.39, 0.29) is 18.5 Å². The monoisotopic (exact) mass is 282 g/mol. The largest absolute Gasteiger partial charge is 0.307 e. The second kappa shape index (κ2) is 6.67. The van der Waals surface area contributed by atoms with Crippen LogP contribution in [0.2, 0.25) is 0 Å².